The van der Waals surface area contributed by atoms with Gasteiger partial charge in [-0.05, 0) is 58.2 Å². The summed E-state index contributed by atoms with van der Waals surface area (Å²) < 4.78 is 26.8. The van der Waals surface area contributed by atoms with Crippen LogP contribution in [0.2, 0.25) is 0 Å². The standard InChI is InChI=1S/C14H24N4O2S/c1-16-21(19,20)14-10-11(15)4-5-13(14)18(3)12-6-8-17(2)9-7-12/h4-5,10,12,16H,6-9,15H2,1-3H3. The summed E-state index contributed by atoms with van der Waals surface area (Å²) in [6.45, 7) is 2.05. The molecule has 7 heteroatoms. The fourth-order valence-electron chi connectivity index (χ4n) is 2.73. The number of nitrogen functional groups attached to an aromatic ring is 1. The largest absolute Gasteiger partial charge is 0.399 e. The molecule has 2 rings (SSSR count). The lowest BCUT2D eigenvalue weighted by molar-refractivity contribution is 0.252. The Morgan fingerprint density at radius 1 is 1.33 bits per heavy atom. The third-order valence-electron chi connectivity index (χ3n) is 4.16. The molecular weight excluding hydrogens is 288 g/mol. The molecule has 1 heterocycles. The van der Waals surface area contributed by atoms with Crippen LogP contribution in [0.4, 0.5) is 11.4 Å². The number of benzene rings is 1. The monoisotopic (exact) mass is 312 g/mol. The first-order valence-electron chi connectivity index (χ1n) is 7.09. The molecule has 6 nitrogen and oxygen atoms in total. The predicted molar refractivity (Wildman–Crippen MR) is 86.0 cm³/mol. The van der Waals surface area contributed by atoms with E-state index < -0.39 is 10.0 Å². The topological polar surface area (TPSA) is 78.7 Å². The lowest BCUT2D eigenvalue weighted by Crippen LogP contribution is -2.42. The molecule has 0 aromatic heterocycles. The number of rotatable bonds is 4. The first-order chi connectivity index (χ1) is 9.85. The third-order valence-corrected chi connectivity index (χ3v) is 5.60. The highest BCUT2D eigenvalue weighted by Crippen LogP contribution is 2.30. The predicted octanol–water partition coefficient (Wildman–Crippen LogP) is 0.707. The molecule has 1 aliphatic heterocycles. The van der Waals surface area contributed by atoms with Gasteiger partial charge in [-0.25, -0.2) is 13.1 Å². The fourth-order valence-corrected chi connectivity index (χ4v) is 3.72. The minimum absolute atomic E-state index is 0.242. The Kier molecular flexibility index (Phi) is 4.75. The van der Waals surface area contributed by atoms with E-state index >= 15 is 0 Å². The van der Waals surface area contributed by atoms with E-state index in [1.165, 1.54) is 13.1 Å². The van der Waals surface area contributed by atoms with Gasteiger partial charge in [-0.15, -0.1) is 0 Å². The number of hydrogen-bond acceptors (Lipinski definition) is 5. The summed E-state index contributed by atoms with van der Waals surface area (Å²) in [7, 11) is 1.95. The quantitative estimate of drug-likeness (QED) is 0.801. The van der Waals surface area contributed by atoms with Gasteiger partial charge in [-0.3, -0.25) is 0 Å². The SMILES string of the molecule is CNS(=O)(=O)c1cc(N)ccc1N(C)C1CCN(C)CC1. The summed E-state index contributed by atoms with van der Waals surface area (Å²) in [6, 6.07) is 5.40. The summed E-state index contributed by atoms with van der Waals surface area (Å²) >= 11 is 0. The van der Waals surface area contributed by atoms with Gasteiger partial charge in [0.1, 0.15) is 4.90 Å². The van der Waals surface area contributed by atoms with Crippen molar-refractivity contribution in [2.75, 3.05) is 44.9 Å². The summed E-state index contributed by atoms with van der Waals surface area (Å²) in [4.78, 5) is 4.60. The van der Waals surface area contributed by atoms with Gasteiger partial charge in [0.25, 0.3) is 0 Å². The van der Waals surface area contributed by atoms with Crippen molar-refractivity contribution in [3.05, 3.63) is 18.2 Å². The third kappa shape index (κ3) is 3.48. The average molecular weight is 312 g/mol. The minimum Gasteiger partial charge on any atom is -0.399 e. The molecule has 0 aliphatic carbocycles. The van der Waals surface area contributed by atoms with E-state index in [4.69, 9.17) is 5.73 Å². The zero-order valence-electron chi connectivity index (χ0n) is 12.8. The molecule has 0 bridgehead atoms. The Hall–Kier alpha value is -1.31. The Morgan fingerprint density at radius 3 is 2.52 bits per heavy atom. The van der Waals surface area contributed by atoms with Crippen molar-refractivity contribution in [1.82, 2.24) is 9.62 Å². The normalized spacial score (nSPS) is 17.9. The maximum Gasteiger partial charge on any atom is 0.242 e. The second-order valence-corrected chi connectivity index (χ2v) is 7.44. The molecule has 0 spiro atoms. The van der Waals surface area contributed by atoms with Crippen LogP contribution in [-0.4, -0.2) is 53.6 Å². The second kappa shape index (κ2) is 6.21. The lowest BCUT2D eigenvalue weighted by atomic mass is 10.0. The van der Waals surface area contributed by atoms with Gasteiger partial charge in [-0.2, -0.15) is 0 Å². The van der Waals surface area contributed by atoms with Crippen LogP contribution in [0.3, 0.4) is 0 Å². The van der Waals surface area contributed by atoms with Crippen molar-refractivity contribution in [2.45, 2.75) is 23.8 Å². The molecule has 3 N–H and O–H groups in total. The van der Waals surface area contributed by atoms with Crippen LogP contribution < -0.4 is 15.4 Å². The van der Waals surface area contributed by atoms with Gasteiger partial charge in [-0.1, -0.05) is 0 Å². The van der Waals surface area contributed by atoms with E-state index in [0.29, 0.717) is 17.4 Å². The summed E-state index contributed by atoms with van der Waals surface area (Å²) in [5, 5.41) is 0. The smallest absolute Gasteiger partial charge is 0.242 e. The Balaban J connectivity index is 2.35. The van der Waals surface area contributed by atoms with Crippen LogP contribution in [0.5, 0.6) is 0 Å². The fraction of sp³-hybridized carbons (Fsp3) is 0.571. The first kappa shape index (κ1) is 16.1. The molecule has 0 radical (unpaired) electrons. The van der Waals surface area contributed by atoms with Crippen molar-refractivity contribution in [2.24, 2.45) is 0 Å². The lowest BCUT2D eigenvalue weighted by Gasteiger charge is -2.37. The highest BCUT2D eigenvalue weighted by atomic mass is 32.2. The van der Waals surface area contributed by atoms with Gasteiger partial charge in [0, 0.05) is 18.8 Å². The number of hydrogen-bond donors (Lipinski definition) is 2. The van der Waals surface area contributed by atoms with E-state index in [0.717, 1.165) is 25.9 Å². The Morgan fingerprint density at radius 2 is 1.95 bits per heavy atom. The summed E-state index contributed by atoms with van der Waals surface area (Å²) in [5.74, 6) is 0. The van der Waals surface area contributed by atoms with Crippen LogP contribution in [0.1, 0.15) is 12.8 Å². The number of nitrogens with zero attached hydrogens (tertiary/aromatic N) is 2. The van der Waals surface area contributed by atoms with Crippen molar-refractivity contribution < 1.29 is 8.42 Å². The highest BCUT2D eigenvalue weighted by molar-refractivity contribution is 7.89. The Bertz CT molecular complexity index is 595. The van der Waals surface area contributed by atoms with Gasteiger partial charge < -0.3 is 15.5 Å². The highest BCUT2D eigenvalue weighted by Gasteiger charge is 2.25. The van der Waals surface area contributed by atoms with E-state index in [9.17, 15) is 8.42 Å². The molecule has 21 heavy (non-hydrogen) atoms. The van der Waals surface area contributed by atoms with Gasteiger partial charge in [0.05, 0.1) is 5.69 Å². The van der Waals surface area contributed by atoms with E-state index in [2.05, 4.69) is 21.6 Å². The molecule has 1 fully saturated rings. The molecule has 1 aliphatic rings. The molecule has 118 valence electrons. The maximum absolute atomic E-state index is 12.2. The Labute approximate surface area is 127 Å². The van der Waals surface area contributed by atoms with Crippen LogP contribution in [-0.2, 0) is 10.0 Å². The summed E-state index contributed by atoms with van der Waals surface area (Å²) in [6.07, 6.45) is 2.05. The van der Waals surface area contributed by atoms with Crippen molar-refractivity contribution in [3.63, 3.8) is 0 Å². The van der Waals surface area contributed by atoms with Crippen LogP contribution in [0, 0.1) is 0 Å². The first-order valence-corrected chi connectivity index (χ1v) is 8.58. The minimum atomic E-state index is -3.53. The number of likely N-dealkylation sites (tertiary alicyclic amines) is 1. The van der Waals surface area contributed by atoms with Gasteiger partial charge >= 0.3 is 0 Å². The number of nitrogens with two attached hydrogens (primary N) is 1. The van der Waals surface area contributed by atoms with Crippen LogP contribution in [0.25, 0.3) is 0 Å². The van der Waals surface area contributed by atoms with Crippen molar-refractivity contribution in [1.29, 1.82) is 0 Å². The molecule has 1 aromatic carbocycles. The van der Waals surface area contributed by atoms with Gasteiger partial charge in [0.2, 0.25) is 10.0 Å². The number of anilines is 2. The maximum atomic E-state index is 12.2. The molecule has 1 aromatic rings. The van der Waals surface area contributed by atoms with Crippen LogP contribution in [0.15, 0.2) is 23.1 Å². The zero-order chi connectivity index (χ0) is 15.6. The zero-order valence-corrected chi connectivity index (χ0v) is 13.7. The van der Waals surface area contributed by atoms with Crippen molar-refractivity contribution in [3.8, 4) is 0 Å². The van der Waals surface area contributed by atoms with E-state index in [-0.39, 0.29) is 4.90 Å². The number of piperidine rings is 1. The summed E-state index contributed by atoms with van der Waals surface area (Å²) in [5.41, 5.74) is 6.91. The molecule has 0 atom stereocenters. The van der Waals surface area contributed by atoms with Gasteiger partial charge in [0.15, 0.2) is 0 Å². The second-order valence-electron chi connectivity index (χ2n) is 5.58. The number of nitrogens with one attached hydrogen (secondary N) is 1. The number of sulfonamides is 1. The molecular formula is C14H24N4O2S. The molecule has 1 saturated heterocycles. The molecule has 0 saturated carbocycles. The molecule has 0 unspecified atom stereocenters. The average Bonchev–Trinajstić information content (AvgIpc) is 2.47. The van der Waals surface area contributed by atoms with Crippen molar-refractivity contribution >= 4 is 21.4 Å². The van der Waals surface area contributed by atoms with E-state index in [1.807, 2.05) is 7.05 Å². The van der Waals surface area contributed by atoms with Crippen LogP contribution >= 0.6 is 0 Å². The van der Waals surface area contributed by atoms with E-state index in [1.54, 1.807) is 12.1 Å². The molecule has 0 amide bonds.